The summed E-state index contributed by atoms with van der Waals surface area (Å²) in [6, 6.07) is 4.74. The normalized spacial score (nSPS) is 10.1. The lowest BCUT2D eigenvalue weighted by atomic mass is 10.1. The Morgan fingerprint density at radius 3 is 2.78 bits per heavy atom. The van der Waals surface area contributed by atoms with Gasteiger partial charge < -0.3 is 10.4 Å². The monoisotopic (exact) mass is 262 g/mol. The van der Waals surface area contributed by atoms with Crippen LogP contribution in [0.3, 0.4) is 0 Å². The molecular formula is C12H10N2O3S. The summed E-state index contributed by atoms with van der Waals surface area (Å²) in [7, 11) is 0. The molecule has 0 spiro atoms. The van der Waals surface area contributed by atoms with Gasteiger partial charge in [-0.1, -0.05) is 6.07 Å². The Balaban J connectivity index is 2.22. The third-order valence-electron chi connectivity index (χ3n) is 2.39. The third kappa shape index (κ3) is 2.54. The van der Waals surface area contributed by atoms with Crippen LogP contribution in [-0.2, 0) is 0 Å². The summed E-state index contributed by atoms with van der Waals surface area (Å²) in [6.07, 6.45) is 0. The summed E-state index contributed by atoms with van der Waals surface area (Å²) in [4.78, 5) is 26.6. The van der Waals surface area contributed by atoms with Gasteiger partial charge in [-0.3, -0.25) is 4.79 Å². The minimum Gasteiger partial charge on any atom is -0.478 e. The first-order valence-electron chi connectivity index (χ1n) is 5.11. The lowest BCUT2D eigenvalue weighted by Crippen LogP contribution is -2.13. The molecule has 2 N–H and O–H groups in total. The second-order valence-electron chi connectivity index (χ2n) is 3.66. The Morgan fingerprint density at radius 2 is 2.17 bits per heavy atom. The number of carboxylic acids is 1. The van der Waals surface area contributed by atoms with Crippen LogP contribution in [-0.4, -0.2) is 22.0 Å². The molecule has 0 aliphatic rings. The second kappa shape index (κ2) is 4.97. The van der Waals surface area contributed by atoms with E-state index in [1.807, 2.05) is 0 Å². The molecule has 0 fully saturated rings. The highest BCUT2D eigenvalue weighted by atomic mass is 32.1. The third-order valence-corrected chi connectivity index (χ3v) is 2.98. The van der Waals surface area contributed by atoms with E-state index in [2.05, 4.69) is 10.3 Å². The number of carbonyl (C=O) groups excluding carboxylic acids is 1. The van der Waals surface area contributed by atoms with Crippen molar-refractivity contribution in [2.45, 2.75) is 6.92 Å². The summed E-state index contributed by atoms with van der Waals surface area (Å²) in [5, 5.41) is 13.2. The van der Waals surface area contributed by atoms with Crippen molar-refractivity contribution >= 4 is 28.9 Å². The Bertz CT molecular complexity index is 593. The fourth-order valence-electron chi connectivity index (χ4n) is 1.45. The average Bonchev–Trinajstić information content (AvgIpc) is 2.85. The number of nitrogens with zero attached hydrogens (tertiary/aromatic N) is 1. The van der Waals surface area contributed by atoms with E-state index >= 15 is 0 Å². The van der Waals surface area contributed by atoms with Gasteiger partial charge in [0, 0.05) is 11.1 Å². The first-order valence-corrected chi connectivity index (χ1v) is 6.05. The number of nitrogens with one attached hydrogen (secondary N) is 1. The maximum Gasteiger partial charge on any atom is 0.336 e. The van der Waals surface area contributed by atoms with Crippen LogP contribution in [0.5, 0.6) is 0 Å². The van der Waals surface area contributed by atoms with Crippen molar-refractivity contribution < 1.29 is 14.7 Å². The highest BCUT2D eigenvalue weighted by Crippen LogP contribution is 2.16. The Hall–Kier alpha value is -2.21. The molecule has 5 nitrogen and oxygen atoms in total. The van der Waals surface area contributed by atoms with Crippen LogP contribution < -0.4 is 5.32 Å². The first-order chi connectivity index (χ1) is 8.58. The van der Waals surface area contributed by atoms with Crippen LogP contribution in [0, 0.1) is 6.92 Å². The van der Waals surface area contributed by atoms with E-state index in [0.29, 0.717) is 16.9 Å². The van der Waals surface area contributed by atoms with E-state index in [1.165, 1.54) is 17.4 Å². The van der Waals surface area contributed by atoms with E-state index < -0.39 is 5.97 Å². The van der Waals surface area contributed by atoms with Gasteiger partial charge in [0.25, 0.3) is 5.91 Å². The first kappa shape index (κ1) is 12.3. The van der Waals surface area contributed by atoms with Gasteiger partial charge in [0.1, 0.15) is 5.69 Å². The number of rotatable bonds is 3. The number of anilines is 1. The van der Waals surface area contributed by atoms with Gasteiger partial charge in [0.15, 0.2) is 0 Å². The highest BCUT2D eigenvalue weighted by Gasteiger charge is 2.11. The van der Waals surface area contributed by atoms with Crippen molar-refractivity contribution in [2.75, 3.05) is 5.32 Å². The number of amides is 1. The minimum atomic E-state index is -1.02. The van der Waals surface area contributed by atoms with Crippen LogP contribution in [0.2, 0.25) is 0 Å². The molecule has 2 rings (SSSR count). The molecule has 0 saturated heterocycles. The predicted octanol–water partition coefficient (Wildman–Crippen LogP) is 2.40. The number of carboxylic acid groups (broad SMARTS) is 1. The minimum absolute atomic E-state index is 0.172. The average molecular weight is 262 g/mol. The molecule has 0 bridgehead atoms. The molecule has 2 aromatic rings. The standard InChI is InChI=1S/C12H10N2O3S/c1-7-2-3-8(4-9(7)12(16)17)14-11(15)10-5-18-6-13-10/h2-6H,1H3,(H,14,15)(H,16,17). The molecule has 1 aromatic heterocycles. The van der Waals surface area contributed by atoms with Gasteiger partial charge in [-0.05, 0) is 24.6 Å². The van der Waals surface area contributed by atoms with Crippen molar-refractivity contribution in [3.63, 3.8) is 0 Å². The van der Waals surface area contributed by atoms with E-state index in [0.717, 1.165) is 0 Å². The quantitative estimate of drug-likeness (QED) is 0.890. The largest absolute Gasteiger partial charge is 0.478 e. The topological polar surface area (TPSA) is 79.3 Å². The fraction of sp³-hybridized carbons (Fsp3) is 0.0833. The molecular weight excluding hydrogens is 252 g/mol. The molecule has 18 heavy (non-hydrogen) atoms. The molecule has 6 heteroatoms. The number of aromatic nitrogens is 1. The number of carbonyl (C=O) groups is 2. The number of aromatic carboxylic acids is 1. The number of hydrogen-bond donors (Lipinski definition) is 2. The molecule has 92 valence electrons. The van der Waals surface area contributed by atoms with Gasteiger partial charge in [-0.2, -0.15) is 0 Å². The fourth-order valence-corrected chi connectivity index (χ4v) is 1.98. The van der Waals surface area contributed by atoms with Crippen LogP contribution >= 0.6 is 11.3 Å². The smallest absolute Gasteiger partial charge is 0.336 e. The summed E-state index contributed by atoms with van der Waals surface area (Å²) in [5.41, 5.74) is 3.14. The van der Waals surface area contributed by atoms with Gasteiger partial charge >= 0.3 is 5.97 Å². The molecule has 0 aliphatic heterocycles. The molecule has 0 aliphatic carbocycles. The van der Waals surface area contributed by atoms with Crippen molar-refractivity contribution in [3.8, 4) is 0 Å². The van der Waals surface area contributed by atoms with Crippen molar-refractivity contribution in [1.29, 1.82) is 0 Å². The van der Waals surface area contributed by atoms with E-state index in [1.54, 1.807) is 29.9 Å². The summed E-state index contributed by atoms with van der Waals surface area (Å²) < 4.78 is 0. The maximum absolute atomic E-state index is 11.7. The summed E-state index contributed by atoms with van der Waals surface area (Å²) in [5.74, 6) is -1.37. The Kier molecular flexibility index (Phi) is 3.38. The van der Waals surface area contributed by atoms with Gasteiger partial charge in [-0.15, -0.1) is 11.3 Å². The van der Waals surface area contributed by atoms with Crippen LogP contribution in [0.4, 0.5) is 5.69 Å². The Labute approximate surface area is 107 Å². The SMILES string of the molecule is Cc1ccc(NC(=O)c2cscn2)cc1C(=O)O. The number of hydrogen-bond acceptors (Lipinski definition) is 4. The van der Waals surface area contributed by atoms with Crippen molar-refractivity contribution in [3.05, 3.63) is 45.9 Å². The second-order valence-corrected chi connectivity index (χ2v) is 4.38. The number of aryl methyl sites for hydroxylation is 1. The summed E-state index contributed by atoms with van der Waals surface area (Å²) >= 11 is 1.32. The van der Waals surface area contributed by atoms with Crippen molar-refractivity contribution in [2.24, 2.45) is 0 Å². The summed E-state index contributed by atoms with van der Waals surface area (Å²) in [6.45, 7) is 1.70. The van der Waals surface area contributed by atoms with Crippen molar-refractivity contribution in [1.82, 2.24) is 4.98 Å². The zero-order chi connectivity index (χ0) is 13.1. The molecule has 0 radical (unpaired) electrons. The van der Waals surface area contributed by atoms with Crippen LogP contribution in [0.1, 0.15) is 26.4 Å². The van der Waals surface area contributed by atoms with E-state index in [-0.39, 0.29) is 11.5 Å². The lowest BCUT2D eigenvalue weighted by molar-refractivity contribution is 0.0695. The van der Waals surface area contributed by atoms with Crippen LogP contribution in [0.25, 0.3) is 0 Å². The van der Waals surface area contributed by atoms with E-state index in [9.17, 15) is 9.59 Å². The lowest BCUT2D eigenvalue weighted by Gasteiger charge is -2.06. The zero-order valence-corrected chi connectivity index (χ0v) is 10.3. The number of benzene rings is 1. The predicted molar refractivity (Wildman–Crippen MR) is 68.2 cm³/mol. The number of thiazole rings is 1. The molecule has 1 heterocycles. The van der Waals surface area contributed by atoms with E-state index in [4.69, 9.17) is 5.11 Å². The zero-order valence-electron chi connectivity index (χ0n) is 9.51. The van der Waals surface area contributed by atoms with Crippen LogP contribution in [0.15, 0.2) is 29.1 Å². The Morgan fingerprint density at radius 1 is 1.39 bits per heavy atom. The van der Waals surface area contributed by atoms with Gasteiger partial charge in [0.2, 0.25) is 0 Å². The molecule has 0 atom stereocenters. The molecule has 1 amide bonds. The molecule has 1 aromatic carbocycles. The van der Waals surface area contributed by atoms with Gasteiger partial charge in [-0.25, -0.2) is 9.78 Å². The molecule has 0 saturated carbocycles. The maximum atomic E-state index is 11.7. The highest BCUT2D eigenvalue weighted by molar-refractivity contribution is 7.07. The van der Waals surface area contributed by atoms with Gasteiger partial charge in [0.05, 0.1) is 11.1 Å². The molecule has 0 unspecified atom stereocenters.